The summed E-state index contributed by atoms with van der Waals surface area (Å²) in [6.07, 6.45) is 2.28. The van der Waals surface area contributed by atoms with E-state index in [1.54, 1.807) is 6.92 Å². The molecular formula is C24H25F3N4O2. The van der Waals surface area contributed by atoms with E-state index in [1.807, 2.05) is 6.92 Å². The van der Waals surface area contributed by atoms with Crippen LogP contribution < -0.4 is 10.6 Å². The number of nitrogens with one attached hydrogen (secondary N) is 3. The van der Waals surface area contributed by atoms with E-state index in [4.69, 9.17) is 5.41 Å². The predicted octanol–water partition coefficient (Wildman–Crippen LogP) is 4.02. The Morgan fingerprint density at radius 1 is 1.15 bits per heavy atom. The molecule has 2 aromatic rings. The minimum Gasteiger partial charge on any atom is -0.350 e. The van der Waals surface area contributed by atoms with Gasteiger partial charge in [0, 0.05) is 17.2 Å². The number of nitrogens with zero attached hydrogens (tertiary/aromatic N) is 1. The molecule has 1 saturated heterocycles. The van der Waals surface area contributed by atoms with Gasteiger partial charge in [-0.15, -0.1) is 0 Å². The molecule has 4 rings (SSSR count). The Morgan fingerprint density at radius 3 is 2.39 bits per heavy atom. The van der Waals surface area contributed by atoms with Crippen LogP contribution in [0.1, 0.15) is 60.6 Å². The largest absolute Gasteiger partial charge is 0.350 e. The van der Waals surface area contributed by atoms with Crippen molar-refractivity contribution in [2.75, 3.05) is 0 Å². The molecule has 1 aliphatic carbocycles. The fourth-order valence-corrected chi connectivity index (χ4v) is 4.29. The lowest BCUT2D eigenvalue weighted by Gasteiger charge is -2.41. The molecule has 3 N–H and O–H groups in total. The van der Waals surface area contributed by atoms with E-state index < -0.39 is 34.9 Å². The Morgan fingerprint density at radius 2 is 1.79 bits per heavy atom. The molecule has 2 aromatic carbocycles. The lowest BCUT2D eigenvalue weighted by molar-refractivity contribution is -0.131. The van der Waals surface area contributed by atoms with Crippen LogP contribution in [0.25, 0.3) is 0 Å². The SMILES string of the molecule is C[C@H](NC(=O)c1cc(F)cc(CN2C(=N)N[C@](C)(C3CC3)CC2=O)c1)c1cc(F)cc(F)c1. The summed E-state index contributed by atoms with van der Waals surface area (Å²) in [6, 6.07) is 5.92. The third-order valence-corrected chi connectivity index (χ3v) is 6.26. The average molecular weight is 458 g/mol. The quantitative estimate of drug-likeness (QED) is 0.611. The number of carbonyl (C=O) groups is 2. The summed E-state index contributed by atoms with van der Waals surface area (Å²) in [5, 5.41) is 14.0. The molecular weight excluding hydrogens is 433 g/mol. The Hall–Kier alpha value is -3.36. The van der Waals surface area contributed by atoms with Gasteiger partial charge in [0.15, 0.2) is 5.96 Å². The second-order valence-electron chi connectivity index (χ2n) is 9.07. The molecule has 174 valence electrons. The van der Waals surface area contributed by atoms with Gasteiger partial charge in [-0.3, -0.25) is 19.9 Å². The molecule has 2 aliphatic rings. The summed E-state index contributed by atoms with van der Waals surface area (Å²) in [5.41, 5.74) is 0.138. The van der Waals surface area contributed by atoms with Gasteiger partial charge in [-0.25, -0.2) is 13.2 Å². The zero-order chi connectivity index (χ0) is 23.9. The molecule has 0 unspecified atom stereocenters. The van der Waals surface area contributed by atoms with Crippen LogP contribution in [0.15, 0.2) is 36.4 Å². The van der Waals surface area contributed by atoms with Gasteiger partial charge in [-0.05, 0) is 74.1 Å². The second-order valence-corrected chi connectivity index (χ2v) is 9.07. The van der Waals surface area contributed by atoms with Crippen LogP contribution in [0.4, 0.5) is 13.2 Å². The van der Waals surface area contributed by atoms with E-state index in [1.165, 1.54) is 17.0 Å². The summed E-state index contributed by atoms with van der Waals surface area (Å²) < 4.78 is 41.2. The molecule has 6 nitrogen and oxygen atoms in total. The third-order valence-electron chi connectivity index (χ3n) is 6.26. The van der Waals surface area contributed by atoms with Gasteiger partial charge in [-0.1, -0.05) is 0 Å². The van der Waals surface area contributed by atoms with Gasteiger partial charge in [-0.2, -0.15) is 0 Å². The molecule has 0 aromatic heterocycles. The van der Waals surface area contributed by atoms with Crippen LogP contribution in [-0.4, -0.2) is 28.2 Å². The van der Waals surface area contributed by atoms with Gasteiger partial charge >= 0.3 is 0 Å². The first kappa shape index (κ1) is 22.8. The molecule has 2 amide bonds. The van der Waals surface area contributed by atoms with Crippen LogP contribution in [0.2, 0.25) is 0 Å². The molecule has 0 spiro atoms. The number of hydrogen-bond acceptors (Lipinski definition) is 3. The van der Waals surface area contributed by atoms with E-state index in [0.717, 1.165) is 37.1 Å². The number of hydrogen-bond donors (Lipinski definition) is 3. The molecule has 0 bridgehead atoms. The molecule has 1 saturated carbocycles. The lowest BCUT2D eigenvalue weighted by atomic mass is 9.89. The summed E-state index contributed by atoms with van der Waals surface area (Å²) in [6.45, 7) is 3.43. The van der Waals surface area contributed by atoms with Crippen LogP contribution in [0, 0.1) is 28.8 Å². The van der Waals surface area contributed by atoms with Gasteiger partial charge in [0.1, 0.15) is 17.5 Å². The Labute approximate surface area is 189 Å². The van der Waals surface area contributed by atoms with Crippen molar-refractivity contribution in [3.05, 3.63) is 70.5 Å². The van der Waals surface area contributed by atoms with Crippen LogP contribution in [0.5, 0.6) is 0 Å². The topological polar surface area (TPSA) is 85.3 Å². The standard InChI is InChI=1S/C24H25F3N4O2/c1-13(15-7-19(26)10-20(27)8-15)29-22(33)16-5-14(6-18(25)9-16)12-31-21(32)11-24(2,17-3-4-17)30-23(31)28/h5-10,13,17H,3-4,11-12H2,1-2H3,(H2,28,30)(H,29,33)/t13-,24-/m0/s1. The first-order chi connectivity index (χ1) is 15.5. The Bertz CT molecular complexity index is 1090. The highest BCUT2D eigenvalue weighted by Crippen LogP contribution is 2.43. The maximum atomic E-state index is 14.3. The first-order valence-electron chi connectivity index (χ1n) is 10.8. The summed E-state index contributed by atoms with van der Waals surface area (Å²) in [5.74, 6) is -2.75. The molecule has 0 radical (unpaired) electrons. The van der Waals surface area contributed by atoms with Crippen LogP contribution in [0.3, 0.4) is 0 Å². The van der Waals surface area contributed by atoms with Gasteiger partial charge < -0.3 is 10.6 Å². The maximum Gasteiger partial charge on any atom is 0.251 e. The van der Waals surface area contributed by atoms with E-state index in [9.17, 15) is 22.8 Å². The highest BCUT2D eigenvalue weighted by atomic mass is 19.1. The fraction of sp³-hybridized carbons (Fsp3) is 0.375. The Balaban J connectivity index is 1.48. The smallest absolute Gasteiger partial charge is 0.251 e. The van der Waals surface area contributed by atoms with Crippen molar-refractivity contribution in [2.24, 2.45) is 5.92 Å². The molecule has 2 atom stereocenters. The normalized spacial score (nSPS) is 21.5. The van der Waals surface area contributed by atoms with Gasteiger partial charge in [0.05, 0.1) is 19.0 Å². The van der Waals surface area contributed by atoms with Crippen molar-refractivity contribution in [1.29, 1.82) is 5.41 Å². The predicted molar refractivity (Wildman–Crippen MR) is 116 cm³/mol. The van der Waals surface area contributed by atoms with Crippen molar-refractivity contribution < 1.29 is 22.8 Å². The van der Waals surface area contributed by atoms with E-state index in [2.05, 4.69) is 10.6 Å². The minimum atomic E-state index is -0.765. The number of amides is 2. The molecule has 2 fully saturated rings. The first-order valence-corrected chi connectivity index (χ1v) is 10.8. The Kier molecular flexibility index (Phi) is 5.90. The highest BCUT2D eigenvalue weighted by Gasteiger charge is 2.47. The van der Waals surface area contributed by atoms with Crippen molar-refractivity contribution >= 4 is 17.8 Å². The van der Waals surface area contributed by atoms with Crippen LogP contribution in [-0.2, 0) is 11.3 Å². The summed E-state index contributed by atoms with van der Waals surface area (Å²) in [4.78, 5) is 26.7. The summed E-state index contributed by atoms with van der Waals surface area (Å²) in [7, 11) is 0. The zero-order valence-electron chi connectivity index (χ0n) is 18.3. The van der Waals surface area contributed by atoms with Crippen molar-refractivity contribution in [2.45, 2.75) is 51.2 Å². The van der Waals surface area contributed by atoms with E-state index >= 15 is 0 Å². The molecule has 9 heteroatoms. The van der Waals surface area contributed by atoms with Crippen LogP contribution >= 0.6 is 0 Å². The van der Waals surface area contributed by atoms with E-state index in [-0.39, 0.29) is 36.0 Å². The van der Waals surface area contributed by atoms with Crippen molar-refractivity contribution in [1.82, 2.24) is 15.5 Å². The number of rotatable bonds is 6. The second kappa shape index (κ2) is 8.53. The molecule has 1 heterocycles. The zero-order valence-corrected chi connectivity index (χ0v) is 18.3. The maximum absolute atomic E-state index is 14.3. The molecule has 1 aliphatic heterocycles. The van der Waals surface area contributed by atoms with E-state index in [0.29, 0.717) is 11.5 Å². The van der Waals surface area contributed by atoms with Crippen molar-refractivity contribution in [3.63, 3.8) is 0 Å². The number of guanidine groups is 1. The number of carbonyl (C=O) groups excluding carboxylic acids is 2. The molecule has 33 heavy (non-hydrogen) atoms. The van der Waals surface area contributed by atoms with Crippen molar-refractivity contribution in [3.8, 4) is 0 Å². The highest BCUT2D eigenvalue weighted by molar-refractivity contribution is 5.99. The number of halogens is 3. The fourth-order valence-electron chi connectivity index (χ4n) is 4.29. The van der Waals surface area contributed by atoms with Gasteiger partial charge in [0.25, 0.3) is 5.91 Å². The number of benzene rings is 2. The monoisotopic (exact) mass is 458 g/mol. The van der Waals surface area contributed by atoms with Gasteiger partial charge in [0.2, 0.25) is 5.91 Å². The lowest BCUT2D eigenvalue weighted by Crippen LogP contribution is -2.61. The average Bonchev–Trinajstić information content (AvgIpc) is 3.55. The minimum absolute atomic E-state index is 0.000456. The summed E-state index contributed by atoms with van der Waals surface area (Å²) >= 11 is 0. The third kappa shape index (κ3) is 5.02.